The number of nitrogens with zero attached hydrogens (tertiary/aromatic N) is 2. The molecular weight excluding hydrogens is 482 g/mol. The minimum absolute atomic E-state index is 0.139. The van der Waals surface area contributed by atoms with Crippen LogP contribution in [0.3, 0.4) is 0 Å². The fraction of sp³-hybridized carbons (Fsp3) is 0.500. The molecule has 0 aromatic heterocycles. The van der Waals surface area contributed by atoms with Crippen LogP contribution in [0.5, 0.6) is 11.5 Å². The number of methoxy groups -OCH3 is 2. The molecule has 2 aliphatic rings. The van der Waals surface area contributed by atoms with Crippen LogP contribution in [0.1, 0.15) is 40.2 Å². The molecule has 0 spiro atoms. The summed E-state index contributed by atoms with van der Waals surface area (Å²) < 4.78 is 43.3. The van der Waals surface area contributed by atoms with Crippen LogP contribution in [0.25, 0.3) is 0 Å². The van der Waals surface area contributed by atoms with Crippen molar-refractivity contribution in [1.29, 1.82) is 0 Å². The highest BCUT2D eigenvalue weighted by Gasteiger charge is 2.27. The van der Waals surface area contributed by atoms with E-state index in [0.717, 1.165) is 47.2 Å². The molecule has 1 unspecified atom stereocenters. The number of nitrogens with one attached hydrogen (secondary N) is 1. The minimum atomic E-state index is -4.19. The van der Waals surface area contributed by atoms with Crippen molar-refractivity contribution in [2.75, 3.05) is 47.4 Å². The lowest BCUT2D eigenvalue weighted by atomic mass is 9.77. The summed E-state index contributed by atoms with van der Waals surface area (Å²) in [4.78, 5) is 14.8. The van der Waals surface area contributed by atoms with Crippen molar-refractivity contribution >= 4 is 16.2 Å². The highest BCUT2D eigenvalue weighted by atomic mass is 32.2. The van der Waals surface area contributed by atoms with Crippen molar-refractivity contribution < 1.29 is 27.2 Å². The number of amides is 1. The number of hydrogen-bond acceptors (Lipinski definition) is 6. The van der Waals surface area contributed by atoms with E-state index in [0.29, 0.717) is 32.0 Å². The molecule has 0 fully saturated rings. The highest BCUT2D eigenvalue weighted by Crippen LogP contribution is 2.35. The molecule has 0 radical (unpaired) electrons. The number of benzene rings is 2. The number of hydrogen-bond donors (Lipinski definition) is 2. The summed E-state index contributed by atoms with van der Waals surface area (Å²) in [5.74, 6) is 2.00. The Morgan fingerprint density at radius 2 is 1.72 bits per heavy atom. The van der Waals surface area contributed by atoms with Gasteiger partial charge < -0.3 is 19.7 Å². The topological polar surface area (TPSA) is 108 Å². The van der Waals surface area contributed by atoms with E-state index in [-0.39, 0.29) is 12.5 Å². The normalized spacial score (nSPS) is 17.1. The lowest BCUT2D eigenvalue weighted by Crippen LogP contribution is -2.36. The molecule has 0 saturated carbocycles. The third-order valence-electron chi connectivity index (χ3n) is 7.18. The van der Waals surface area contributed by atoms with E-state index in [9.17, 15) is 13.2 Å². The fourth-order valence-electron chi connectivity index (χ4n) is 5.03. The van der Waals surface area contributed by atoms with Gasteiger partial charge in [0.2, 0.25) is 5.91 Å². The average Bonchev–Trinajstić information content (AvgIpc) is 3.05. The van der Waals surface area contributed by atoms with Gasteiger partial charge in [-0.3, -0.25) is 9.35 Å². The van der Waals surface area contributed by atoms with E-state index in [1.807, 2.05) is 35.2 Å². The summed E-state index contributed by atoms with van der Waals surface area (Å²) >= 11 is 0. The van der Waals surface area contributed by atoms with Gasteiger partial charge in [-0.2, -0.15) is 12.7 Å². The number of carbonyl (C=O) groups excluding carboxylic acids is 1. The van der Waals surface area contributed by atoms with Gasteiger partial charge in [-0.15, -0.1) is 0 Å². The Kier molecular flexibility index (Phi) is 8.19. The summed E-state index contributed by atoms with van der Waals surface area (Å²) in [6.07, 6.45) is 2.98. The number of fused-ring (bicyclic) bond motifs is 2. The van der Waals surface area contributed by atoms with Gasteiger partial charge in [0.1, 0.15) is 0 Å². The molecule has 36 heavy (non-hydrogen) atoms. The largest absolute Gasteiger partial charge is 0.493 e. The standard InChI is InChI=1S/C26H35N3O6S/c1-28(36(31,32)33)17-18-4-5-23-21(12-18)13-22(23)16-27-9-6-26(30)29-10-7-19-14-24(34-2)25(35-3)15-20(19)8-11-29/h4-5,12,14-15,22,27H,6-11,13,16-17H2,1-3H3,(H,31,32,33). The van der Waals surface area contributed by atoms with Gasteiger partial charge in [-0.05, 0) is 59.2 Å². The first-order valence-electron chi connectivity index (χ1n) is 12.2. The number of ether oxygens (including phenoxy) is 2. The molecule has 1 amide bonds. The Balaban J connectivity index is 1.21. The molecule has 2 aromatic rings. The van der Waals surface area contributed by atoms with Gasteiger partial charge in [0.15, 0.2) is 11.5 Å². The SMILES string of the molecule is COc1cc2c(cc1OC)CCN(C(=O)CCNCC1Cc3cc(CN(C)S(=O)(=O)O)ccc31)CC2. The maximum Gasteiger partial charge on any atom is 0.335 e. The Bertz CT molecular complexity index is 1180. The summed E-state index contributed by atoms with van der Waals surface area (Å²) in [6.45, 7) is 2.97. The Morgan fingerprint density at radius 3 is 2.28 bits per heavy atom. The molecule has 1 aliphatic heterocycles. The van der Waals surface area contributed by atoms with Crippen molar-refractivity contribution in [2.24, 2.45) is 0 Å². The van der Waals surface area contributed by atoms with Gasteiger partial charge in [-0.25, -0.2) is 0 Å². The van der Waals surface area contributed by atoms with Crippen LogP contribution < -0.4 is 14.8 Å². The molecule has 1 aliphatic carbocycles. The van der Waals surface area contributed by atoms with Crippen molar-refractivity contribution in [3.05, 3.63) is 58.1 Å². The molecule has 0 saturated heterocycles. The van der Waals surface area contributed by atoms with E-state index in [2.05, 4.69) is 5.32 Å². The molecule has 1 atom stereocenters. The highest BCUT2D eigenvalue weighted by molar-refractivity contribution is 7.83. The number of carbonyl (C=O) groups is 1. The van der Waals surface area contributed by atoms with Gasteiger partial charge >= 0.3 is 10.3 Å². The second-order valence-corrected chi connectivity index (χ2v) is 11.0. The van der Waals surface area contributed by atoms with Crippen LogP contribution in [0, 0.1) is 0 Å². The summed E-state index contributed by atoms with van der Waals surface area (Å²) in [7, 11) is 0.431. The van der Waals surface area contributed by atoms with Gasteiger partial charge in [-0.1, -0.05) is 18.2 Å². The first-order chi connectivity index (χ1) is 17.2. The van der Waals surface area contributed by atoms with Gasteiger partial charge in [0.05, 0.1) is 14.2 Å². The maximum absolute atomic E-state index is 12.8. The molecule has 1 heterocycles. The second kappa shape index (κ2) is 11.2. The second-order valence-electron chi connectivity index (χ2n) is 9.48. The van der Waals surface area contributed by atoms with Gasteiger partial charge in [0.25, 0.3) is 0 Å². The first-order valence-corrected chi connectivity index (χ1v) is 13.6. The third-order valence-corrected chi connectivity index (χ3v) is 8.10. The maximum atomic E-state index is 12.8. The molecule has 2 aromatic carbocycles. The Morgan fingerprint density at radius 1 is 1.08 bits per heavy atom. The lowest BCUT2D eigenvalue weighted by Gasteiger charge is -2.31. The van der Waals surface area contributed by atoms with Crippen LogP contribution >= 0.6 is 0 Å². The molecule has 2 N–H and O–H groups in total. The molecule has 4 rings (SSSR count). The predicted molar refractivity (Wildman–Crippen MR) is 137 cm³/mol. The van der Waals surface area contributed by atoms with Crippen LogP contribution in [-0.2, 0) is 40.9 Å². The fourth-order valence-corrected chi connectivity index (χ4v) is 5.34. The molecule has 0 bridgehead atoms. The van der Waals surface area contributed by atoms with Crippen LogP contribution in [0.15, 0.2) is 30.3 Å². The van der Waals surface area contributed by atoms with Crippen molar-refractivity contribution in [2.45, 2.75) is 38.1 Å². The van der Waals surface area contributed by atoms with E-state index in [4.69, 9.17) is 14.0 Å². The molecule has 9 nitrogen and oxygen atoms in total. The van der Waals surface area contributed by atoms with Crippen LogP contribution in [0.2, 0.25) is 0 Å². The number of rotatable bonds is 10. The van der Waals surface area contributed by atoms with Crippen molar-refractivity contribution in [3.8, 4) is 11.5 Å². The smallest absolute Gasteiger partial charge is 0.335 e. The van der Waals surface area contributed by atoms with E-state index in [1.54, 1.807) is 14.2 Å². The van der Waals surface area contributed by atoms with Crippen molar-refractivity contribution in [3.63, 3.8) is 0 Å². The predicted octanol–water partition coefficient (Wildman–Crippen LogP) is 2.19. The minimum Gasteiger partial charge on any atom is -0.493 e. The van der Waals surface area contributed by atoms with E-state index >= 15 is 0 Å². The van der Waals surface area contributed by atoms with Crippen molar-refractivity contribution in [1.82, 2.24) is 14.5 Å². The summed E-state index contributed by atoms with van der Waals surface area (Å²) in [5.41, 5.74) is 5.72. The Labute approximate surface area is 213 Å². The average molecular weight is 518 g/mol. The van der Waals surface area contributed by atoms with Crippen LogP contribution in [0.4, 0.5) is 0 Å². The van der Waals surface area contributed by atoms with E-state index < -0.39 is 10.3 Å². The van der Waals surface area contributed by atoms with Gasteiger partial charge in [0, 0.05) is 52.1 Å². The molecular formula is C26H35N3O6S. The molecule has 196 valence electrons. The summed E-state index contributed by atoms with van der Waals surface area (Å²) in [5, 5.41) is 3.43. The zero-order chi connectivity index (χ0) is 25.9. The lowest BCUT2D eigenvalue weighted by molar-refractivity contribution is -0.131. The zero-order valence-corrected chi connectivity index (χ0v) is 21.9. The Hall–Kier alpha value is -2.66. The monoisotopic (exact) mass is 517 g/mol. The first kappa shape index (κ1) is 26.4. The molecule has 10 heteroatoms. The summed E-state index contributed by atoms with van der Waals surface area (Å²) in [6, 6.07) is 9.98. The van der Waals surface area contributed by atoms with E-state index in [1.165, 1.54) is 29.3 Å². The zero-order valence-electron chi connectivity index (χ0n) is 21.1. The quantitative estimate of drug-likeness (QED) is 0.367. The van der Waals surface area contributed by atoms with Crippen LogP contribution in [-0.4, -0.2) is 75.5 Å². The third kappa shape index (κ3) is 6.00.